The molecule has 0 radical (unpaired) electrons. The number of halogens is 1. The van der Waals surface area contributed by atoms with Crippen molar-refractivity contribution in [3.63, 3.8) is 0 Å². The molecule has 3 aromatic rings. The summed E-state index contributed by atoms with van der Waals surface area (Å²) in [6.07, 6.45) is 4.01. The molecular formula is C19H21FN4O. The minimum absolute atomic E-state index is 0.0350. The second kappa shape index (κ2) is 6.02. The van der Waals surface area contributed by atoms with Crippen LogP contribution in [0, 0.1) is 12.7 Å². The number of rotatable bonds is 2. The average molecular weight is 340 g/mol. The lowest BCUT2D eigenvalue weighted by molar-refractivity contribution is 0.0698. The Hall–Kier alpha value is -2.63. The van der Waals surface area contributed by atoms with Crippen molar-refractivity contribution in [1.29, 1.82) is 0 Å². The Morgan fingerprint density at radius 3 is 2.96 bits per heavy atom. The molecule has 1 aliphatic rings. The second-order valence-corrected chi connectivity index (χ2v) is 6.86. The van der Waals surface area contributed by atoms with Crippen molar-refractivity contribution in [3.05, 3.63) is 53.5 Å². The number of benzene rings is 1. The van der Waals surface area contributed by atoms with E-state index in [0.29, 0.717) is 12.2 Å². The molecular weight excluding hydrogens is 319 g/mol. The van der Waals surface area contributed by atoms with Gasteiger partial charge in [-0.2, -0.15) is 0 Å². The topological polar surface area (TPSA) is 53.9 Å². The Kier molecular flexibility index (Phi) is 3.82. The molecule has 0 aliphatic carbocycles. The first-order chi connectivity index (χ1) is 12.0. The van der Waals surface area contributed by atoms with Crippen LogP contribution in [0.15, 0.2) is 30.5 Å². The number of nitrogens with zero attached hydrogens (tertiary/aromatic N) is 3. The quantitative estimate of drug-likeness (QED) is 0.778. The molecule has 5 nitrogen and oxygen atoms in total. The first kappa shape index (κ1) is 15.9. The van der Waals surface area contributed by atoms with Gasteiger partial charge in [0.25, 0.3) is 5.91 Å². The lowest BCUT2D eigenvalue weighted by Crippen LogP contribution is -2.39. The molecule has 1 N–H and O–H groups in total. The van der Waals surface area contributed by atoms with Crippen molar-refractivity contribution >= 4 is 16.8 Å². The Morgan fingerprint density at radius 1 is 1.36 bits per heavy atom. The maximum atomic E-state index is 13.4. The van der Waals surface area contributed by atoms with Gasteiger partial charge in [-0.15, -0.1) is 0 Å². The average Bonchev–Trinajstić information content (AvgIpc) is 3.16. The number of imidazole rings is 1. The SMILES string of the molecule is Cc1cn(C)c(C2CCCN(C(=O)c3cc4cc(F)ccc4[nH]3)C2)n1. The van der Waals surface area contributed by atoms with E-state index in [1.807, 2.05) is 25.1 Å². The lowest BCUT2D eigenvalue weighted by atomic mass is 9.97. The van der Waals surface area contributed by atoms with Crippen molar-refractivity contribution in [2.24, 2.45) is 7.05 Å². The van der Waals surface area contributed by atoms with Crippen LogP contribution in [0.2, 0.25) is 0 Å². The summed E-state index contributed by atoms with van der Waals surface area (Å²) in [5, 5.41) is 0.719. The highest BCUT2D eigenvalue weighted by molar-refractivity contribution is 5.98. The van der Waals surface area contributed by atoms with Crippen LogP contribution in [-0.4, -0.2) is 38.4 Å². The van der Waals surface area contributed by atoms with Gasteiger partial charge in [-0.05, 0) is 44.0 Å². The normalized spacial score (nSPS) is 18.0. The van der Waals surface area contributed by atoms with E-state index in [4.69, 9.17) is 0 Å². The van der Waals surface area contributed by atoms with Crippen LogP contribution in [0.4, 0.5) is 4.39 Å². The molecule has 2 aromatic heterocycles. The molecule has 1 saturated heterocycles. The summed E-state index contributed by atoms with van der Waals surface area (Å²) in [4.78, 5) is 22.5. The van der Waals surface area contributed by atoms with Crippen LogP contribution < -0.4 is 0 Å². The van der Waals surface area contributed by atoms with Gasteiger partial charge in [0.2, 0.25) is 0 Å². The van der Waals surface area contributed by atoms with Crippen molar-refractivity contribution in [2.45, 2.75) is 25.7 Å². The standard InChI is InChI=1S/C19H21FN4O/c1-12-10-23(2)18(21-12)13-4-3-7-24(11-13)19(25)17-9-14-8-15(20)5-6-16(14)22-17/h5-6,8-10,13,22H,3-4,7,11H2,1-2H3. The molecule has 0 bridgehead atoms. The molecule has 1 fully saturated rings. The fourth-order valence-electron chi connectivity index (χ4n) is 3.78. The summed E-state index contributed by atoms with van der Waals surface area (Å²) in [7, 11) is 2.00. The van der Waals surface area contributed by atoms with Gasteiger partial charge in [0.1, 0.15) is 17.3 Å². The molecule has 1 unspecified atom stereocenters. The highest BCUT2D eigenvalue weighted by atomic mass is 19.1. The Labute approximate surface area is 145 Å². The van der Waals surface area contributed by atoms with E-state index in [9.17, 15) is 9.18 Å². The van der Waals surface area contributed by atoms with Crippen LogP contribution in [0.3, 0.4) is 0 Å². The van der Waals surface area contributed by atoms with Gasteiger partial charge in [0.15, 0.2) is 0 Å². The molecule has 130 valence electrons. The summed E-state index contributed by atoms with van der Waals surface area (Å²) in [5.41, 5.74) is 2.29. The fourth-order valence-corrected chi connectivity index (χ4v) is 3.78. The molecule has 0 saturated carbocycles. The highest BCUT2D eigenvalue weighted by Crippen LogP contribution is 2.27. The van der Waals surface area contributed by atoms with E-state index >= 15 is 0 Å². The second-order valence-electron chi connectivity index (χ2n) is 6.86. The number of aromatic amines is 1. The van der Waals surface area contributed by atoms with Crippen LogP contribution in [0.5, 0.6) is 0 Å². The monoisotopic (exact) mass is 340 g/mol. The summed E-state index contributed by atoms with van der Waals surface area (Å²) in [6.45, 7) is 3.38. The zero-order valence-electron chi connectivity index (χ0n) is 14.4. The summed E-state index contributed by atoms with van der Waals surface area (Å²) >= 11 is 0. The smallest absolute Gasteiger partial charge is 0.270 e. The van der Waals surface area contributed by atoms with Crippen LogP contribution in [0.1, 0.15) is 40.8 Å². The van der Waals surface area contributed by atoms with Gasteiger partial charge in [-0.1, -0.05) is 0 Å². The number of hydrogen-bond acceptors (Lipinski definition) is 2. The van der Waals surface area contributed by atoms with Crippen molar-refractivity contribution in [2.75, 3.05) is 13.1 Å². The zero-order valence-corrected chi connectivity index (χ0v) is 14.4. The molecule has 1 atom stereocenters. The maximum absolute atomic E-state index is 13.4. The van der Waals surface area contributed by atoms with Gasteiger partial charge in [0, 0.05) is 43.2 Å². The lowest BCUT2D eigenvalue weighted by Gasteiger charge is -2.32. The third-order valence-electron chi connectivity index (χ3n) is 4.92. The van der Waals surface area contributed by atoms with E-state index < -0.39 is 0 Å². The Balaban J connectivity index is 1.57. The van der Waals surface area contributed by atoms with Gasteiger partial charge in [-0.25, -0.2) is 9.37 Å². The van der Waals surface area contributed by atoms with Gasteiger partial charge < -0.3 is 14.5 Å². The zero-order chi connectivity index (χ0) is 17.6. The molecule has 4 rings (SSSR count). The molecule has 1 aliphatic heterocycles. The summed E-state index contributed by atoms with van der Waals surface area (Å²) in [5.74, 6) is 0.952. The van der Waals surface area contributed by atoms with Crippen molar-refractivity contribution in [1.82, 2.24) is 19.4 Å². The number of H-pyrrole nitrogens is 1. The number of piperidine rings is 1. The molecule has 0 spiro atoms. The number of nitrogens with one attached hydrogen (secondary N) is 1. The first-order valence-electron chi connectivity index (χ1n) is 8.58. The van der Waals surface area contributed by atoms with E-state index in [-0.39, 0.29) is 17.6 Å². The van der Waals surface area contributed by atoms with Crippen LogP contribution in [0.25, 0.3) is 10.9 Å². The number of fused-ring (bicyclic) bond motifs is 1. The highest BCUT2D eigenvalue weighted by Gasteiger charge is 2.28. The third-order valence-corrected chi connectivity index (χ3v) is 4.92. The summed E-state index contributed by atoms with van der Waals surface area (Å²) in [6, 6.07) is 6.23. The van der Waals surface area contributed by atoms with Crippen molar-refractivity contribution in [3.8, 4) is 0 Å². The molecule has 25 heavy (non-hydrogen) atoms. The van der Waals surface area contributed by atoms with E-state index in [2.05, 4.69) is 14.5 Å². The molecule has 3 heterocycles. The number of carbonyl (C=O) groups excluding carboxylic acids is 1. The largest absolute Gasteiger partial charge is 0.351 e. The molecule has 1 aromatic carbocycles. The third kappa shape index (κ3) is 2.92. The number of carbonyl (C=O) groups is 1. The Bertz CT molecular complexity index is 942. The number of aromatic nitrogens is 3. The van der Waals surface area contributed by atoms with Gasteiger partial charge in [0.05, 0.1) is 5.69 Å². The fraction of sp³-hybridized carbons (Fsp3) is 0.368. The van der Waals surface area contributed by atoms with Crippen LogP contribution in [-0.2, 0) is 7.05 Å². The predicted octanol–water partition coefficient (Wildman–Crippen LogP) is 3.37. The number of likely N-dealkylation sites (tertiary alicyclic amines) is 1. The van der Waals surface area contributed by atoms with E-state index in [0.717, 1.165) is 41.8 Å². The molecule has 6 heteroatoms. The first-order valence-corrected chi connectivity index (χ1v) is 8.58. The number of hydrogen-bond donors (Lipinski definition) is 1. The number of aryl methyl sites for hydroxylation is 2. The maximum Gasteiger partial charge on any atom is 0.270 e. The van der Waals surface area contributed by atoms with E-state index in [1.54, 1.807) is 12.1 Å². The van der Waals surface area contributed by atoms with Crippen molar-refractivity contribution < 1.29 is 9.18 Å². The van der Waals surface area contributed by atoms with E-state index in [1.165, 1.54) is 12.1 Å². The summed E-state index contributed by atoms with van der Waals surface area (Å²) < 4.78 is 15.4. The van der Waals surface area contributed by atoms with Crippen LogP contribution >= 0.6 is 0 Å². The minimum atomic E-state index is -0.298. The minimum Gasteiger partial charge on any atom is -0.351 e. The van der Waals surface area contributed by atoms with Gasteiger partial charge in [-0.3, -0.25) is 4.79 Å². The van der Waals surface area contributed by atoms with Gasteiger partial charge >= 0.3 is 0 Å². The molecule has 1 amide bonds. The number of amides is 1. The Morgan fingerprint density at radius 2 is 2.20 bits per heavy atom. The predicted molar refractivity (Wildman–Crippen MR) is 94.1 cm³/mol.